The predicted octanol–water partition coefficient (Wildman–Crippen LogP) is 1.71. The summed E-state index contributed by atoms with van der Waals surface area (Å²) in [6.45, 7) is 5.40. The monoisotopic (exact) mass is 327 g/mol. The van der Waals surface area contributed by atoms with Crippen LogP contribution in [-0.4, -0.2) is 27.3 Å². The topological polar surface area (TPSA) is 71.8 Å². The number of hydrogen-bond acceptors (Lipinski definition) is 3. The summed E-state index contributed by atoms with van der Waals surface area (Å²) in [5.41, 5.74) is 0. The van der Waals surface area contributed by atoms with Gasteiger partial charge in [0.25, 0.3) is 0 Å². The lowest BCUT2D eigenvalue weighted by Crippen LogP contribution is -2.36. The Kier molecular flexibility index (Phi) is 4.95. The summed E-state index contributed by atoms with van der Waals surface area (Å²) in [5, 5.41) is 13.8. The average molecular weight is 328 g/mol. The number of urea groups is 1. The molecule has 6 nitrogen and oxygen atoms in total. The lowest BCUT2D eigenvalue weighted by Gasteiger charge is -2.09. The Morgan fingerprint density at radius 2 is 2.16 bits per heavy atom. The largest absolute Gasteiger partial charge is 0.334 e. The summed E-state index contributed by atoms with van der Waals surface area (Å²) in [5.74, 6) is 1.85. The van der Waals surface area contributed by atoms with Gasteiger partial charge in [-0.3, -0.25) is 0 Å². The number of carbonyl (C=O) groups is 1. The zero-order valence-electron chi connectivity index (χ0n) is 10.8. The lowest BCUT2D eigenvalue weighted by atomic mass is 10.2. The summed E-state index contributed by atoms with van der Waals surface area (Å²) < 4.78 is 2.86. The van der Waals surface area contributed by atoms with Crippen molar-refractivity contribution in [3.8, 4) is 0 Å². The Bertz CT molecular complexity index is 471. The van der Waals surface area contributed by atoms with Crippen molar-refractivity contribution >= 4 is 22.0 Å². The van der Waals surface area contributed by atoms with Crippen LogP contribution >= 0.6 is 15.9 Å². The van der Waals surface area contributed by atoms with E-state index in [1.807, 2.05) is 0 Å². The number of aromatic nitrogens is 3. The van der Waals surface area contributed by atoms with E-state index in [2.05, 4.69) is 47.9 Å². The number of halogens is 1. The number of fused-ring (bicyclic) bond motifs is 1. The van der Waals surface area contributed by atoms with Crippen molar-refractivity contribution in [2.45, 2.75) is 38.8 Å². The first-order valence-corrected chi connectivity index (χ1v) is 7.22. The first-order chi connectivity index (χ1) is 9.16. The van der Waals surface area contributed by atoms with Gasteiger partial charge in [0, 0.05) is 17.4 Å². The molecule has 0 unspecified atom stereocenters. The van der Waals surface area contributed by atoms with Gasteiger partial charge in [-0.05, 0) is 12.8 Å². The molecule has 0 spiro atoms. The first kappa shape index (κ1) is 14.0. The Balaban J connectivity index is 1.88. The van der Waals surface area contributed by atoms with Crippen LogP contribution in [0.25, 0.3) is 0 Å². The summed E-state index contributed by atoms with van der Waals surface area (Å²) in [4.78, 5) is 11.5. The van der Waals surface area contributed by atoms with Crippen molar-refractivity contribution in [2.24, 2.45) is 0 Å². The van der Waals surface area contributed by atoms with Gasteiger partial charge in [-0.25, -0.2) is 4.79 Å². The highest BCUT2D eigenvalue weighted by Gasteiger charge is 2.14. The van der Waals surface area contributed by atoms with Gasteiger partial charge in [-0.2, -0.15) is 0 Å². The summed E-state index contributed by atoms with van der Waals surface area (Å²) in [6, 6.07) is -0.230. The van der Waals surface area contributed by atoms with E-state index in [0.29, 0.717) is 13.1 Å². The van der Waals surface area contributed by atoms with Crippen molar-refractivity contribution in [1.29, 1.82) is 0 Å². The van der Waals surface area contributed by atoms with Gasteiger partial charge >= 0.3 is 6.03 Å². The molecule has 1 aromatic rings. The number of amides is 2. The van der Waals surface area contributed by atoms with E-state index in [0.717, 1.165) is 35.5 Å². The fraction of sp³-hybridized carbons (Fsp3) is 0.583. The van der Waals surface area contributed by atoms with E-state index in [1.165, 1.54) is 12.8 Å². The third-order valence-corrected chi connectivity index (χ3v) is 3.31. The maximum atomic E-state index is 11.5. The maximum Gasteiger partial charge on any atom is 0.315 e. The Morgan fingerprint density at radius 3 is 2.95 bits per heavy atom. The van der Waals surface area contributed by atoms with Crippen LogP contribution in [0.15, 0.2) is 11.1 Å². The standard InChI is InChI=1S/C12H18BrN5O/c1-9(13)7-14-12(19)15-8-11-17-16-10-5-3-2-4-6-18(10)11/h1-8H2,(H2,14,15,19). The SMILES string of the molecule is C=C(Br)CNC(=O)NCc1nnc2n1CCCCC2. The molecule has 1 aliphatic rings. The molecule has 0 bridgehead atoms. The van der Waals surface area contributed by atoms with Crippen LogP contribution in [0.2, 0.25) is 0 Å². The Hall–Kier alpha value is -1.37. The molecule has 2 heterocycles. The molecule has 0 saturated heterocycles. The van der Waals surface area contributed by atoms with Crippen molar-refractivity contribution in [2.75, 3.05) is 6.54 Å². The minimum atomic E-state index is -0.230. The average Bonchev–Trinajstić information content (AvgIpc) is 2.61. The second-order valence-electron chi connectivity index (χ2n) is 4.55. The number of nitrogens with zero attached hydrogens (tertiary/aromatic N) is 3. The van der Waals surface area contributed by atoms with Crippen molar-refractivity contribution in [1.82, 2.24) is 25.4 Å². The third-order valence-electron chi connectivity index (χ3n) is 3.03. The zero-order valence-corrected chi connectivity index (χ0v) is 12.4. The number of carbonyl (C=O) groups excluding carboxylic acids is 1. The molecule has 7 heteroatoms. The first-order valence-electron chi connectivity index (χ1n) is 6.43. The van der Waals surface area contributed by atoms with E-state index < -0.39 is 0 Å². The zero-order chi connectivity index (χ0) is 13.7. The molecule has 1 aromatic heterocycles. The van der Waals surface area contributed by atoms with Crippen LogP contribution < -0.4 is 10.6 Å². The van der Waals surface area contributed by atoms with Gasteiger partial charge in [-0.15, -0.1) is 10.2 Å². The summed E-state index contributed by atoms with van der Waals surface area (Å²) in [6.07, 6.45) is 4.51. The van der Waals surface area contributed by atoms with Crippen LogP contribution in [-0.2, 0) is 19.5 Å². The van der Waals surface area contributed by atoms with Crippen LogP contribution in [0.1, 0.15) is 30.9 Å². The lowest BCUT2D eigenvalue weighted by molar-refractivity contribution is 0.241. The normalized spacial score (nSPS) is 14.4. The molecular formula is C12H18BrN5O. The van der Waals surface area contributed by atoms with Gasteiger partial charge < -0.3 is 15.2 Å². The van der Waals surface area contributed by atoms with E-state index >= 15 is 0 Å². The van der Waals surface area contributed by atoms with E-state index in [9.17, 15) is 4.79 Å². The second kappa shape index (κ2) is 6.70. The number of nitrogens with one attached hydrogen (secondary N) is 2. The third kappa shape index (κ3) is 4.05. The van der Waals surface area contributed by atoms with Crippen molar-refractivity contribution < 1.29 is 4.79 Å². The molecule has 2 amide bonds. The predicted molar refractivity (Wildman–Crippen MR) is 75.9 cm³/mol. The van der Waals surface area contributed by atoms with Gasteiger partial charge in [0.15, 0.2) is 5.82 Å². The summed E-state index contributed by atoms with van der Waals surface area (Å²) in [7, 11) is 0. The highest BCUT2D eigenvalue weighted by atomic mass is 79.9. The maximum absolute atomic E-state index is 11.5. The van der Waals surface area contributed by atoms with Gasteiger partial charge in [0.2, 0.25) is 0 Å². The van der Waals surface area contributed by atoms with E-state index in [-0.39, 0.29) is 6.03 Å². The highest BCUT2D eigenvalue weighted by molar-refractivity contribution is 9.11. The van der Waals surface area contributed by atoms with Crippen molar-refractivity contribution in [3.05, 3.63) is 22.7 Å². The molecule has 2 rings (SSSR count). The second-order valence-corrected chi connectivity index (χ2v) is 5.67. The Morgan fingerprint density at radius 1 is 1.32 bits per heavy atom. The molecule has 0 atom stereocenters. The molecule has 104 valence electrons. The van der Waals surface area contributed by atoms with Crippen LogP contribution in [0.4, 0.5) is 4.79 Å². The molecule has 2 N–H and O–H groups in total. The molecular weight excluding hydrogens is 310 g/mol. The number of rotatable bonds is 4. The fourth-order valence-corrected chi connectivity index (χ4v) is 2.21. The van der Waals surface area contributed by atoms with Crippen molar-refractivity contribution in [3.63, 3.8) is 0 Å². The smallest absolute Gasteiger partial charge is 0.315 e. The number of hydrogen-bond donors (Lipinski definition) is 2. The molecule has 0 aromatic carbocycles. The van der Waals surface area contributed by atoms with Gasteiger partial charge in [0.05, 0.1) is 13.1 Å². The van der Waals surface area contributed by atoms with Crippen LogP contribution in [0.5, 0.6) is 0 Å². The molecule has 0 saturated carbocycles. The molecule has 1 aliphatic heterocycles. The van der Waals surface area contributed by atoms with E-state index in [4.69, 9.17) is 0 Å². The fourth-order valence-electron chi connectivity index (χ4n) is 2.07. The highest BCUT2D eigenvalue weighted by Crippen LogP contribution is 2.14. The number of aryl methyl sites for hydroxylation is 1. The van der Waals surface area contributed by atoms with Gasteiger partial charge in [0.1, 0.15) is 5.82 Å². The van der Waals surface area contributed by atoms with Crippen LogP contribution in [0.3, 0.4) is 0 Å². The Labute approximate surface area is 120 Å². The molecule has 0 aliphatic carbocycles. The van der Waals surface area contributed by atoms with E-state index in [1.54, 1.807) is 0 Å². The minimum Gasteiger partial charge on any atom is -0.334 e. The summed E-state index contributed by atoms with van der Waals surface area (Å²) >= 11 is 3.19. The molecule has 0 radical (unpaired) electrons. The quantitative estimate of drug-likeness (QED) is 0.884. The molecule has 0 fully saturated rings. The van der Waals surface area contributed by atoms with Gasteiger partial charge in [-0.1, -0.05) is 28.9 Å². The van der Waals surface area contributed by atoms with Crippen LogP contribution in [0, 0.1) is 0 Å². The minimum absolute atomic E-state index is 0.230. The molecule has 19 heavy (non-hydrogen) atoms.